The van der Waals surface area contributed by atoms with Crippen LogP contribution in [-0.2, 0) is 9.59 Å². The van der Waals surface area contributed by atoms with Gasteiger partial charge in [-0.15, -0.1) is 0 Å². The summed E-state index contributed by atoms with van der Waals surface area (Å²) in [5, 5.41) is 20.9. The predicted octanol–water partition coefficient (Wildman–Crippen LogP) is 3.63. The Morgan fingerprint density at radius 3 is 2.72 bits per heavy atom. The van der Waals surface area contributed by atoms with Gasteiger partial charge in [0.1, 0.15) is 11.9 Å². The molecule has 2 N–H and O–H groups in total. The summed E-state index contributed by atoms with van der Waals surface area (Å²) < 4.78 is 1.48. The van der Waals surface area contributed by atoms with Crippen molar-refractivity contribution < 1.29 is 14.5 Å². The Labute approximate surface area is 169 Å². The summed E-state index contributed by atoms with van der Waals surface area (Å²) in [4.78, 5) is 35.0. The SMILES string of the molecule is O=C(CC1C(=O)Nc2c(-c3cccc(Cl)c3)cnn21)Nc1ccc([N+](=O)[O-])cc1. The minimum absolute atomic E-state index is 0.0760. The van der Waals surface area contributed by atoms with E-state index in [0.29, 0.717) is 22.1 Å². The van der Waals surface area contributed by atoms with Crippen LogP contribution in [-0.4, -0.2) is 26.5 Å². The van der Waals surface area contributed by atoms with Crippen LogP contribution in [0.5, 0.6) is 0 Å². The van der Waals surface area contributed by atoms with Crippen molar-refractivity contribution in [2.24, 2.45) is 0 Å². The number of aromatic nitrogens is 2. The lowest BCUT2D eigenvalue weighted by Gasteiger charge is -2.09. The molecule has 2 aromatic carbocycles. The maximum Gasteiger partial charge on any atom is 0.269 e. The molecule has 29 heavy (non-hydrogen) atoms. The van der Waals surface area contributed by atoms with Crippen molar-refractivity contribution in [3.8, 4) is 11.1 Å². The highest BCUT2D eigenvalue weighted by atomic mass is 35.5. The van der Waals surface area contributed by atoms with Gasteiger partial charge in [0.15, 0.2) is 0 Å². The van der Waals surface area contributed by atoms with Crippen LogP contribution in [0.4, 0.5) is 17.2 Å². The average molecular weight is 412 g/mol. The molecule has 10 heteroatoms. The van der Waals surface area contributed by atoms with Crippen LogP contribution in [0.3, 0.4) is 0 Å². The number of halogens is 1. The Bertz CT molecular complexity index is 1130. The maximum atomic E-state index is 12.4. The molecule has 0 saturated heterocycles. The zero-order valence-corrected chi connectivity index (χ0v) is 15.6. The van der Waals surface area contributed by atoms with E-state index in [1.165, 1.54) is 28.9 Å². The van der Waals surface area contributed by atoms with Crippen molar-refractivity contribution in [1.82, 2.24) is 9.78 Å². The smallest absolute Gasteiger partial charge is 0.269 e. The van der Waals surface area contributed by atoms with Crippen LogP contribution in [0.15, 0.2) is 54.7 Å². The Kier molecular flexibility index (Phi) is 4.73. The zero-order chi connectivity index (χ0) is 20.5. The van der Waals surface area contributed by atoms with Crippen LogP contribution < -0.4 is 10.6 Å². The average Bonchev–Trinajstić information content (AvgIpc) is 3.22. The molecule has 1 aliphatic rings. The number of nitro benzene ring substituents is 1. The third-order valence-electron chi connectivity index (χ3n) is 4.51. The van der Waals surface area contributed by atoms with Gasteiger partial charge in [-0.2, -0.15) is 5.10 Å². The molecule has 0 saturated carbocycles. The highest BCUT2D eigenvalue weighted by Gasteiger charge is 2.35. The molecular weight excluding hydrogens is 398 g/mol. The van der Waals surface area contributed by atoms with Crippen molar-refractivity contribution in [2.75, 3.05) is 10.6 Å². The van der Waals surface area contributed by atoms with Gasteiger partial charge in [-0.1, -0.05) is 23.7 Å². The molecule has 2 amide bonds. The Morgan fingerprint density at radius 2 is 2.03 bits per heavy atom. The molecule has 0 fully saturated rings. The Hall–Kier alpha value is -3.72. The number of hydrogen-bond acceptors (Lipinski definition) is 5. The fraction of sp³-hybridized carbons (Fsp3) is 0.105. The summed E-state index contributed by atoms with van der Waals surface area (Å²) in [5.41, 5.74) is 1.83. The van der Waals surface area contributed by atoms with Crippen molar-refractivity contribution in [2.45, 2.75) is 12.5 Å². The fourth-order valence-corrected chi connectivity index (χ4v) is 3.33. The second kappa shape index (κ2) is 7.36. The normalized spacial score (nSPS) is 14.9. The van der Waals surface area contributed by atoms with Crippen LogP contribution >= 0.6 is 11.6 Å². The van der Waals surface area contributed by atoms with Crippen LogP contribution in [0, 0.1) is 10.1 Å². The minimum atomic E-state index is -0.795. The second-order valence-electron chi connectivity index (χ2n) is 6.42. The van der Waals surface area contributed by atoms with E-state index >= 15 is 0 Å². The van der Waals surface area contributed by atoms with Crippen molar-refractivity contribution >= 4 is 40.6 Å². The molecule has 0 aliphatic carbocycles. The molecular formula is C19H14ClN5O4. The second-order valence-corrected chi connectivity index (χ2v) is 6.86. The highest BCUT2D eigenvalue weighted by molar-refractivity contribution is 6.30. The molecule has 0 bridgehead atoms. The Morgan fingerprint density at radius 1 is 1.28 bits per heavy atom. The topological polar surface area (TPSA) is 119 Å². The van der Waals surface area contributed by atoms with Gasteiger partial charge in [0, 0.05) is 28.4 Å². The van der Waals surface area contributed by atoms with Gasteiger partial charge in [-0.05, 0) is 29.8 Å². The van der Waals surface area contributed by atoms with Crippen LogP contribution in [0.2, 0.25) is 5.02 Å². The largest absolute Gasteiger partial charge is 0.326 e. The van der Waals surface area contributed by atoms with Gasteiger partial charge in [0.25, 0.3) is 11.6 Å². The first-order chi connectivity index (χ1) is 13.9. The summed E-state index contributed by atoms with van der Waals surface area (Å²) in [5.74, 6) is -0.243. The molecule has 146 valence electrons. The van der Waals surface area contributed by atoms with E-state index in [1.54, 1.807) is 24.4 Å². The Balaban J connectivity index is 1.50. The summed E-state index contributed by atoms with van der Waals surface area (Å²) in [7, 11) is 0. The molecule has 0 radical (unpaired) electrons. The van der Waals surface area contributed by atoms with Gasteiger partial charge < -0.3 is 10.6 Å². The maximum absolute atomic E-state index is 12.4. The molecule has 1 aromatic heterocycles. The van der Waals surface area contributed by atoms with Crippen LogP contribution in [0.1, 0.15) is 12.5 Å². The number of carbonyl (C=O) groups is 2. The summed E-state index contributed by atoms with van der Waals surface area (Å²) in [6, 6.07) is 11.8. The van der Waals surface area contributed by atoms with E-state index in [4.69, 9.17) is 11.6 Å². The summed E-state index contributed by atoms with van der Waals surface area (Å²) >= 11 is 6.04. The molecule has 1 unspecified atom stereocenters. The van der Waals surface area contributed by atoms with E-state index < -0.39 is 16.9 Å². The fourth-order valence-electron chi connectivity index (χ4n) is 3.13. The molecule has 1 aliphatic heterocycles. The van der Waals surface area contributed by atoms with Gasteiger partial charge in [-0.3, -0.25) is 19.7 Å². The number of hydrogen-bond donors (Lipinski definition) is 2. The standard InChI is InChI=1S/C19H14ClN5O4/c20-12-3-1-2-11(8-12)15-10-21-24-16(19(27)23-18(15)24)9-17(26)22-13-4-6-14(7-5-13)25(28)29/h1-8,10,16H,9H2,(H,22,26)(H,23,27). The first-order valence-corrected chi connectivity index (χ1v) is 8.99. The van der Waals surface area contributed by atoms with Crippen LogP contribution in [0.25, 0.3) is 11.1 Å². The number of nitro groups is 1. The number of nitrogens with zero attached hydrogens (tertiary/aromatic N) is 3. The van der Waals surface area contributed by atoms with Gasteiger partial charge >= 0.3 is 0 Å². The molecule has 1 atom stereocenters. The number of amides is 2. The third-order valence-corrected chi connectivity index (χ3v) is 4.75. The van der Waals surface area contributed by atoms with E-state index in [0.717, 1.165) is 5.56 Å². The summed E-state index contributed by atoms with van der Waals surface area (Å²) in [6.45, 7) is 0. The summed E-state index contributed by atoms with van der Waals surface area (Å²) in [6.07, 6.45) is 1.48. The van der Waals surface area contributed by atoms with E-state index in [-0.39, 0.29) is 18.0 Å². The van der Waals surface area contributed by atoms with Gasteiger partial charge in [-0.25, -0.2) is 4.68 Å². The van der Waals surface area contributed by atoms with E-state index in [2.05, 4.69) is 15.7 Å². The minimum Gasteiger partial charge on any atom is -0.326 e. The number of nitrogens with one attached hydrogen (secondary N) is 2. The van der Waals surface area contributed by atoms with Gasteiger partial charge in [0.05, 0.1) is 17.5 Å². The predicted molar refractivity (Wildman–Crippen MR) is 107 cm³/mol. The first-order valence-electron chi connectivity index (χ1n) is 8.61. The lowest BCUT2D eigenvalue weighted by molar-refractivity contribution is -0.384. The van der Waals surface area contributed by atoms with Crippen molar-refractivity contribution in [1.29, 1.82) is 0 Å². The van der Waals surface area contributed by atoms with Gasteiger partial charge in [0.2, 0.25) is 5.91 Å². The van der Waals surface area contributed by atoms with Crippen molar-refractivity contribution in [3.05, 3.63) is 69.9 Å². The molecule has 3 aromatic rings. The first kappa shape index (κ1) is 18.6. The molecule has 4 rings (SSSR count). The monoisotopic (exact) mass is 411 g/mol. The number of benzene rings is 2. The lowest BCUT2D eigenvalue weighted by atomic mass is 10.1. The molecule has 2 heterocycles. The lowest BCUT2D eigenvalue weighted by Crippen LogP contribution is -2.23. The quantitative estimate of drug-likeness (QED) is 0.490. The number of carbonyl (C=O) groups excluding carboxylic acids is 2. The number of fused-ring (bicyclic) bond motifs is 1. The number of non-ortho nitro benzene ring substituents is 1. The third kappa shape index (κ3) is 3.67. The van der Waals surface area contributed by atoms with E-state index in [9.17, 15) is 19.7 Å². The molecule has 0 spiro atoms. The number of anilines is 2. The van der Waals surface area contributed by atoms with E-state index in [1.807, 2.05) is 6.07 Å². The highest BCUT2D eigenvalue weighted by Crippen LogP contribution is 2.36. The zero-order valence-electron chi connectivity index (χ0n) is 14.8. The molecule has 9 nitrogen and oxygen atoms in total. The van der Waals surface area contributed by atoms with Crippen molar-refractivity contribution in [3.63, 3.8) is 0 Å². The number of rotatable bonds is 5.